The molecule has 0 spiro atoms. The van der Waals surface area contributed by atoms with Gasteiger partial charge in [-0.25, -0.2) is 0 Å². The van der Waals surface area contributed by atoms with Gasteiger partial charge in [0.25, 0.3) is 0 Å². The van der Waals surface area contributed by atoms with Gasteiger partial charge in [-0.2, -0.15) is 11.3 Å². The number of aryl methyl sites for hydroxylation is 1. The van der Waals surface area contributed by atoms with Crippen molar-refractivity contribution in [2.24, 2.45) is 0 Å². The van der Waals surface area contributed by atoms with E-state index in [4.69, 9.17) is 14.3 Å². The van der Waals surface area contributed by atoms with Gasteiger partial charge >= 0.3 is 0 Å². The van der Waals surface area contributed by atoms with E-state index >= 15 is 0 Å². The molecule has 0 aromatic carbocycles. The van der Waals surface area contributed by atoms with Crippen LogP contribution in [0.3, 0.4) is 0 Å². The van der Waals surface area contributed by atoms with Crippen LogP contribution in [0.5, 0.6) is 0 Å². The van der Waals surface area contributed by atoms with Gasteiger partial charge in [0.1, 0.15) is 11.5 Å². The molecule has 19 heavy (non-hydrogen) atoms. The Labute approximate surface area is 129 Å². The van der Waals surface area contributed by atoms with Gasteiger partial charge in [-0.05, 0) is 46.9 Å². The number of fused-ring (bicyclic) bond motifs is 1. The number of hydrogen-bond donors (Lipinski definition) is 1. The predicted octanol–water partition coefficient (Wildman–Crippen LogP) is 4.00. The second-order valence-corrected chi connectivity index (χ2v) is 6.43. The molecule has 1 N–H and O–H groups in total. The Morgan fingerprint density at radius 3 is 3.16 bits per heavy atom. The Morgan fingerprint density at radius 1 is 1.53 bits per heavy atom. The Bertz CT molecular complexity index is 547. The molecule has 0 saturated heterocycles. The summed E-state index contributed by atoms with van der Waals surface area (Å²) in [7, 11) is 0. The highest BCUT2D eigenvalue weighted by Crippen LogP contribution is 2.42. The third kappa shape index (κ3) is 2.61. The fraction of sp³-hybridized carbons (Fsp3) is 0.429. The van der Waals surface area contributed by atoms with Crippen LogP contribution < -0.4 is 0 Å². The number of thiophene rings is 1. The summed E-state index contributed by atoms with van der Waals surface area (Å²) >= 11 is 4.03. The van der Waals surface area contributed by atoms with Crippen LogP contribution in [0.25, 0.3) is 11.3 Å². The van der Waals surface area contributed by atoms with Crippen molar-refractivity contribution in [3.05, 3.63) is 31.7 Å². The Hall–Kier alpha value is -0.370. The van der Waals surface area contributed by atoms with E-state index in [2.05, 4.69) is 39.4 Å². The van der Waals surface area contributed by atoms with Crippen molar-refractivity contribution in [2.75, 3.05) is 13.2 Å². The molecule has 1 aliphatic rings. The molecular formula is C14H15IO3S. The lowest BCUT2D eigenvalue weighted by molar-refractivity contribution is 0.0167. The van der Waals surface area contributed by atoms with Crippen LogP contribution in [0, 0.1) is 3.57 Å². The third-order valence-electron chi connectivity index (χ3n) is 3.35. The lowest BCUT2D eigenvalue weighted by Crippen LogP contribution is -2.14. The third-order valence-corrected chi connectivity index (χ3v) is 5.10. The number of furan rings is 1. The first-order valence-corrected chi connectivity index (χ1v) is 8.39. The number of rotatable bonds is 4. The summed E-state index contributed by atoms with van der Waals surface area (Å²) in [5, 5.41) is 13.1. The summed E-state index contributed by atoms with van der Waals surface area (Å²) < 4.78 is 13.0. The van der Waals surface area contributed by atoms with Crippen LogP contribution in [0.2, 0.25) is 0 Å². The number of halogens is 1. The highest BCUT2D eigenvalue weighted by molar-refractivity contribution is 14.1. The van der Waals surface area contributed by atoms with Crippen LogP contribution in [0.4, 0.5) is 0 Å². The minimum absolute atomic E-state index is 0.0671. The van der Waals surface area contributed by atoms with Gasteiger partial charge in [0.05, 0.1) is 22.9 Å². The first-order chi connectivity index (χ1) is 9.31. The maximum atomic E-state index is 8.92. The van der Waals surface area contributed by atoms with Crippen LogP contribution in [-0.2, 0) is 11.2 Å². The first-order valence-electron chi connectivity index (χ1n) is 6.37. The van der Waals surface area contributed by atoms with Crippen molar-refractivity contribution in [3.8, 4) is 11.3 Å². The van der Waals surface area contributed by atoms with Crippen molar-refractivity contribution in [1.29, 1.82) is 0 Å². The average Bonchev–Trinajstić information content (AvgIpc) is 3.04. The lowest BCUT2D eigenvalue weighted by Gasteiger charge is -2.22. The van der Waals surface area contributed by atoms with E-state index in [1.165, 1.54) is 5.56 Å². The van der Waals surface area contributed by atoms with E-state index in [-0.39, 0.29) is 12.7 Å². The zero-order chi connectivity index (χ0) is 13.2. The van der Waals surface area contributed by atoms with E-state index in [0.29, 0.717) is 6.61 Å². The molecule has 1 aliphatic carbocycles. The Morgan fingerprint density at radius 2 is 2.42 bits per heavy atom. The monoisotopic (exact) mass is 390 g/mol. The molecule has 2 aromatic heterocycles. The zero-order valence-electron chi connectivity index (χ0n) is 10.4. The van der Waals surface area contributed by atoms with Crippen molar-refractivity contribution in [1.82, 2.24) is 0 Å². The summed E-state index contributed by atoms with van der Waals surface area (Å²) in [6, 6.07) is 2.08. The molecule has 0 bridgehead atoms. The van der Waals surface area contributed by atoms with Crippen molar-refractivity contribution < 1.29 is 14.3 Å². The van der Waals surface area contributed by atoms with Gasteiger partial charge in [-0.3, -0.25) is 0 Å². The Balaban J connectivity index is 1.97. The molecule has 3 nitrogen and oxygen atoms in total. The van der Waals surface area contributed by atoms with Gasteiger partial charge in [0, 0.05) is 22.9 Å². The molecule has 0 saturated carbocycles. The van der Waals surface area contributed by atoms with Crippen LogP contribution in [-0.4, -0.2) is 18.3 Å². The van der Waals surface area contributed by atoms with Crippen LogP contribution >= 0.6 is 33.9 Å². The van der Waals surface area contributed by atoms with Gasteiger partial charge in [0.2, 0.25) is 0 Å². The summed E-state index contributed by atoms with van der Waals surface area (Å²) in [4.78, 5) is 0. The standard InChI is InChI=1S/C14H15IO3S/c15-13-12-10(17-6-5-16)2-1-3-11(12)18-14(13)9-4-7-19-8-9/h4,7-8,10,16H,1-3,5-6H2. The summed E-state index contributed by atoms with van der Waals surface area (Å²) in [6.07, 6.45) is 3.13. The molecule has 1 unspecified atom stereocenters. The highest BCUT2D eigenvalue weighted by atomic mass is 127. The van der Waals surface area contributed by atoms with Gasteiger partial charge < -0.3 is 14.3 Å². The number of ether oxygens (including phenoxy) is 1. The minimum Gasteiger partial charge on any atom is -0.460 e. The quantitative estimate of drug-likeness (QED) is 0.803. The molecule has 0 amide bonds. The number of aliphatic hydroxyl groups excluding tert-OH is 1. The van der Waals surface area contributed by atoms with Crippen molar-refractivity contribution in [3.63, 3.8) is 0 Å². The first kappa shape index (κ1) is 13.6. The summed E-state index contributed by atoms with van der Waals surface area (Å²) in [5.41, 5.74) is 2.34. The highest BCUT2D eigenvalue weighted by Gasteiger charge is 2.29. The largest absolute Gasteiger partial charge is 0.460 e. The second kappa shape index (κ2) is 5.95. The molecule has 1 atom stereocenters. The zero-order valence-corrected chi connectivity index (χ0v) is 13.4. The van der Waals surface area contributed by atoms with E-state index in [0.717, 1.165) is 39.9 Å². The molecule has 2 aromatic rings. The number of hydrogen-bond acceptors (Lipinski definition) is 4. The van der Waals surface area contributed by atoms with Crippen LogP contribution in [0.15, 0.2) is 21.2 Å². The number of aliphatic hydroxyl groups is 1. The molecule has 3 rings (SSSR count). The molecule has 0 radical (unpaired) electrons. The van der Waals surface area contributed by atoms with E-state index in [9.17, 15) is 0 Å². The molecule has 102 valence electrons. The lowest BCUT2D eigenvalue weighted by atomic mass is 9.95. The van der Waals surface area contributed by atoms with Crippen molar-refractivity contribution in [2.45, 2.75) is 25.4 Å². The van der Waals surface area contributed by atoms with Crippen LogP contribution in [0.1, 0.15) is 30.3 Å². The van der Waals surface area contributed by atoms with Gasteiger partial charge in [-0.1, -0.05) is 0 Å². The average molecular weight is 390 g/mol. The van der Waals surface area contributed by atoms with Gasteiger partial charge in [0.15, 0.2) is 0 Å². The fourth-order valence-electron chi connectivity index (χ4n) is 2.51. The topological polar surface area (TPSA) is 42.6 Å². The van der Waals surface area contributed by atoms with E-state index in [1.54, 1.807) is 11.3 Å². The molecule has 0 aliphatic heterocycles. The maximum absolute atomic E-state index is 8.92. The summed E-state index contributed by atoms with van der Waals surface area (Å²) in [5.74, 6) is 2.02. The predicted molar refractivity (Wildman–Crippen MR) is 83.5 cm³/mol. The van der Waals surface area contributed by atoms with Crippen molar-refractivity contribution >= 4 is 33.9 Å². The summed E-state index contributed by atoms with van der Waals surface area (Å²) in [6.45, 7) is 0.455. The Kier molecular flexibility index (Phi) is 4.26. The second-order valence-electron chi connectivity index (χ2n) is 4.57. The molecular weight excluding hydrogens is 375 g/mol. The SMILES string of the molecule is OCCOC1CCCc2oc(-c3ccsc3)c(I)c21. The van der Waals surface area contributed by atoms with Gasteiger partial charge in [-0.15, -0.1) is 0 Å². The maximum Gasteiger partial charge on any atom is 0.148 e. The fourth-order valence-corrected chi connectivity index (χ4v) is 4.21. The minimum atomic E-state index is 0.0671. The molecule has 2 heterocycles. The van der Waals surface area contributed by atoms with E-state index in [1.807, 2.05) is 0 Å². The molecule has 5 heteroatoms. The van der Waals surface area contributed by atoms with E-state index < -0.39 is 0 Å². The smallest absolute Gasteiger partial charge is 0.148 e. The molecule has 0 fully saturated rings. The normalized spacial score (nSPS) is 18.5.